The highest BCUT2D eigenvalue weighted by atomic mass is 35.5. The van der Waals surface area contributed by atoms with Crippen molar-refractivity contribution in [2.45, 2.75) is 30.7 Å². The molecule has 0 atom stereocenters. The third kappa shape index (κ3) is 3.96. The van der Waals surface area contributed by atoms with Crippen molar-refractivity contribution in [3.05, 3.63) is 11.5 Å². The molecule has 0 saturated carbocycles. The molecule has 1 aromatic heterocycles. The number of aryl methyl sites for hydroxylation is 1. The lowest BCUT2D eigenvalue weighted by molar-refractivity contribution is -0.131. The largest absolute Gasteiger partial charge is 0.343 e. The number of hydrogen-bond donors (Lipinski definition) is 1. The van der Waals surface area contributed by atoms with Gasteiger partial charge in [-0.25, -0.2) is 18.1 Å². The lowest BCUT2D eigenvalue weighted by Gasteiger charge is -2.26. The van der Waals surface area contributed by atoms with E-state index in [0.29, 0.717) is 0 Å². The number of sulfonamides is 1. The molecule has 0 aromatic carbocycles. The summed E-state index contributed by atoms with van der Waals surface area (Å²) in [5.74, 6) is -0.0236. The van der Waals surface area contributed by atoms with Gasteiger partial charge in [0, 0.05) is 33.1 Å². The Kier molecular flexibility index (Phi) is 5.23. The topological polar surface area (TPSA) is 84.3 Å². The fourth-order valence-corrected chi connectivity index (χ4v) is 3.69. The van der Waals surface area contributed by atoms with Crippen LogP contribution in [0.25, 0.3) is 0 Å². The number of nitrogens with one attached hydrogen (secondary N) is 1. The number of rotatable bonds is 5. The molecular weight excluding hydrogens is 316 g/mol. The van der Waals surface area contributed by atoms with E-state index in [1.807, 2.05) is 0 Å². The normalized spacial score (nSPS) is 16.2. The molecule has 21 heavy (non-hydrogen) atoms. The van der Waals surface area contributed by atoms with Crippen molar-refractivity contribution in [1.29, 1.82) is 0 Å². The second-order valence-electron chi connectivity index (χ2n) is 5.04. The molecule has 1 N–H and O–H groups in total. The quantitative estimate of drug-likeness (QED) is 0.861. The van der Waals surface area contributed by atoms with Crippen molar-refractivity contribution >= 4 is 27.5 Å². The van der Waals surface area contributed by atoms with Gasteiger partial charge in [-0.2, -0.15) is 0 Å². The summed E-state index contributed by atoms with van der Waals surface area (Å²) in [6.45, 7) is 1.57. The molecule has 0 aliphatic carbocycles. The molecule has 0 bridgehead atoms. The van der Waals surface area contributed by atoms with Gasteiger partial charge in [-0.15, -0.1) is 0 Å². The third-order valence-electron chi connectivity index (χ3n) is 3.43. The summed E-state index contributed by atoms with van der Waals surface area (Å²) in [6.07, 6.45) is 4.65. The summed E-state index contributed by atoms with van der Waals surface area (Å²) >= 11 is 5.86. The number of hydrogen-bond acceptors (Lipinski definition) is 4. The molecule has 2 rings (SSSR count). The van der Waals surface area contributed by atoms with Crippen molar-refractivity contribution in [3.63, 3.8) is 0 Å². The highest BCUT2D eigenvalue weighted by molar-refractivity contribution is 7.89. The highest BCUT2D eigenvalue weighted by Gasteiger charge is 2.23. The predicted octanol–water partition coefficient (Wildman–Crippen LogP) is 0.754. The summed E-state index contributed by atoms with van der Waals surface area (Å²) in [7, 11) is -2.18. The van der Waals surface area contributed by atoms with E-state index < -0.39 is 10.0 Å². The first-order valence-corrected chi connectivity index (χ1v) is 8.72. The molecule has 1 aliphatic heterocycles. The molecule has 1 aromatic rings. The van der Waals surface area contributed by atoms with Crippen molar-refractivity contribution in [2.75, 3.05) is 19.6 Å². The van der Waals surface area contributed by atoms with Crippen LogP contribution in [0.15, 0.2) is 11.4 Å². The maximum atomic E-state index is 12.0. The highest BCUT2D eigenvalue weighted by Crippen LogP contribution is 2.18. The SMILES string of the molecule is Cn1cnc(S(=O)(=O)NCCC(=O)N2CCCCC2)c1Cl. The van der Waals surface area contributed by atoms with Gasteiger partial charge in [-0.3, -0.25) is 4.79 Å². The van der Waals surface area contributed by atoms with E-state index >= 15 is 0 Å². The number of amides is 1. The Hall–Kier alpha value is -1.12. The molecule has 0 radical (unpaired) electrons. The first kappa shape index (κ1) is 16.3. The lowest BCUT2D eigenvalue weighted by atomic mass is 10.1. The van der Waals surface area contributed by atoms with Crippen LogP contribution in [0.3, 0.4) is 0 Å². The molecule has 2 heterocycles. The number of aromatic nitrogens is 2. The summed E-state index contributed by atoms with van der Waals surface area (Å²) < 4.78 is 27.8. The minimum atomic E-state index is -3.78. The van der Waals surface area contributed by atoms with Gasteiger partial charge in [0.15, 0.2) is 0 Å². The molecule has 1 fully saturated rings. The van der Waals surface area contributed by atoms with E-state index in [0.717, 1.165) is 32.4 Å². The van der Waals surface area contributed by atoms with Crippen LogP contribution in [0, 0.1) is 0 Å². The van der Waals surface area contributed by atoms with Gasteiger partial charge in [0.05, 0.1) is 6.33 Å². The predicted molar refractivity (Wildman–Crippen MR) is 78.5 cm³/mol. The number of likely N-dealkylation sites (tertiary alicyclic amines) is 1. The van der Waals surface area contributed by atoms with Crippen LogP contribution in [-0.4, -0.2) is 48.4 Å². The zero-order valence-corrected chi connectivity index (χ0v) is 13.5. The summed E-state index contributed by atoms with van der Waals surface area (Å²) in [6, 6.07) is 0. The summed E-state index contributed by atoms with van der Waals surface area (Å²) in [5.41, 5.74) is 0. The Morgan fingerprint density at radius 1 is 1.38 bits per heavy atom. The van der Waals surface area contributed by atoms with Crippen LogP contribution in [0.4, 0.5) is 0 Å². The summed E-state index contributed by atoms with van der Waals surface area (Å²) in [4.78, 5) is 17.5. The van der Waals surface area contributed by atoms with Crippen LogP contribution in [0.2, 0.25) is 5.15 Å². The third-order valence-corrected chi connectivity index (χ3v) is 5.38. The number of piperidine rings is 1. The fourth-order valence-electron chi connectivity index (χ4n) is 2.24. The lowest BCUT2D eigenvalue weighted by Crippen LogP contribution is -2.37. The van der Waals surface area contributed by atoms with Crippen LogP contribution < -0.4 is 4.72 Å². The zero-order valence-electron chi connectivity index (χ0n) is 11.9. The molecule has 0 spiro atoms. The average molecular weight is 335 g/mol. The molecular formula is C12H19ClN4O3S. The Morgan fingerprint density at radius 3 is 2.62 bits per heavy atom. The number of carbonyl (C=O) groups is 1. The van der Waals surface area contributed by atoms with Gasteiger partial charge in [0.2, 0.25) is 10.9 Å². The number of imidazole rings is 1. The van der Waals surface area contributed by atoms with E-state index in [-0.39, 0.29) is 29.1 Å². The van der Waals surface area contributed by atoms with Crippen LogP contribution in [0.5, 0.6) is 0 Å². The average Bonchev–Trinajstić information content (AvgIpc) is 2.80. The van der Waals surface area contributed by atoms with Gasteiger partial charge in [0.25, 0.3) is 10.0 Å². The minimum absolute atomic E-state index is 0.0236. The Labute approximate surface area is 129 Å². The van der Waals surface area contributed by atoms with Crippen molar-refractivity contribution in [3.8, 4) is 0 Å². The number of carbonyl (C=O) groups excluding carboxylic acids is 1. The van der Waals surface area contributed by atoms with E-state index in [2.05, 4.69) is 9.71 Å². The Morgan fingerprint density at radius 2 is 2.05 bits per heavy atom. The molecule has 0 unspecified atom stereocenters. The maximum absolute atomic E-state index is 12.0. The van der Waals surface area contributed by atoms with Gasteiger partial charge < -0.3 is 9.47 Å². The van der Waals surface area contributed by atoms with Gasteiger partial charge >= 0.3 is 0 Å². The van der Waals surface area contributed by atoms with E-state index in [9.17, 15) is 13.2 Å². The van der Waals surface area contributed by atoms with Crippen molar-refractivity contribution < 1.29 is 13.2 Å². The van der Waals surface area contributed by atoms with Crippen LogP contribution in [-0.2, 0) is 21.9 Å². The molecule has 1 amide bonds. The molecule has 9 heteroatoms. The van der Waals surface area contributed by atoms with Crippen molar-refractivity contribution in [1.82, 2.24) is 19.2 Å². The zero-order chi connectivity index (χ0) is 15.5. The fraction of sp³-hybridized carbons (Fsp3) is 0.667. The Balaban J connectivity index is 1.87. The molecule has 1 saturated heterocycles. The van der Waals surface area contributed by atoms with Gasteiger partial charge in [-0.05, 0) is 19.3 Å². The van der Waals surface area contributed by atoms with E-state index in [1.54, 1.807) is 11.9 Å². The first-order valence-electron chi connectivity index (χ1n) is 6.86. The first-order chi connectivity index (χ1) is 9.92. The van der Waals surface area contributed by atoms with Crippen LogP contribution >= 0.6 is 11.6 Å². The molecule has 1 aliphatic rings. The van der Waals surface area contributed by atoms with E-state index in [1.165, 1.54) is 10.9 Å². The monoisotopic (exact) mass is 334 g/mol. The minimum Gasteiger partial charge on any atom is -0.343 e. The van der Waals surface area contributed by atoms with Crippen molar-refractivity contribution in [2.24, 2.45) is 7.05 Å². The number of halogens is 1. The van der Waals surface area contributed by atoms with Crippen LogP contribution in [0.1, 0.15) is 25.7 Å². The number of nitrogens with zero attached hydrogens (tertiary/aromatic N) is 3. The van der Waals surface area contributed by atoms with Gasteiger partial charge in [0.1, 0.15) is 5.15 Å². The maximum Gasteiger partial charge on any atom is 0.261 e. The summed E-state index contributed by atoms with van der Waals surface area (Å²) in [5, 5.41) is -0.165. The second-order valence-corrected chi connectivity index (χ2v) is 7.08. The molecule has 7 nitrogen and oxygen atoms in total. The van der Waals surface area contributed by atoms with Gasteiger partial charge in [-0.1, -0.05) is 11.6 Å². The second kappa shape index (κ2) is 6.76. The smallest absolute Gasteiger partial charge is 0.261 e. The Bertz CT molecular complexity index is 608. The standard InChI is InChI=1S/C12H19ClN4O3S/c1-16-9-14-12(11(16)13)21(19,20)15-6-5-10(18)17-7-3-2-4-8-17/h9,15H,2-8H2,1H3. The molecule has 118 valence electrons. The van der Waals surface area contributed by atoms with E-state index in [4.69, 9.17) is 11.6 Å².